The van der Waals surface area contributed by atoms with E-state index < -0.39 is 0 Å². The highest BCUT2D eigenvalue weighted by molar-refractivity contribution is 5.49. The van der Waals surface area contributed by atoms with Gasteiger partial charge in [-0.05, 0) is 12.8 Å². The third-order valence-corrected chi connectivity index (χ3v) is 4.88. The third kappa shape index (κ3) is 6.51. The highest BCUT2D eigenvalue weighted by atomic mass is 16.5. The number of aromatic nitrogens is 4. The highest BCUT2D eigenvalue weighted by Gasteiger charge is 2.23. The summed E-state index contributed by atoms with van der Waals surface area (Å²) < 4.78 is 10.5. The highest BCUT2D eigenvalue weighted by Crippen LogP contribution is 2.26. The van der Waals surface area contributed by atoms with E-state index in [1.807, 2.05) is 21.5 Å². The van der Waals surface area contributed by atoms with Crippen LogP contribution in [0.15, 0.2) is 50.6 Å². The second-order valence-corrected chi connectivity index (χ2v) is 7.03. The molecule has 2 atom stereocenters. The number of hydrogen-bond acceptors (Lipinski definition) is 3. The predicted molar refractivity (Wildman–Crippen MR) is 112 cm³/mol. The molecule has 0 spiro atoms. The van der Waals surface area contributed by atoms with Crippen molar-refractivity contribution in [2.75, 3.05) is 0 Å². The van der Waals surface area contributed by atoms with Crippen LogP contribution in [0.5, 0.6) is 0 Å². The molecule has 0 saturated carbocycles. The Labute approximate surface area is 163 Å². The van der Waals surface area contributed by atoms with E-state index >= 15 is 0 Å². The summed E-state index contributed by atoms with van der Waals surface area (Å²) in [5.74, 6) is 0. The molecule has 5 heteroatoms. The van der Waals surface area contributed by atoms with E-state index in [1.54, 1.807) is 25.0 Å². The van der Waals surface area contributed by atoms with Crippen LogP contribution in [-0.2, 0) is 4.74 Å². The minimum atomic E-state index is -0.0577. The quantitative estimate of drug-likeness (QED) is 0.404. The van der Waals surface area contributed by atoms with Gasteiger partial charge in [0.1, 0.15) is 0 Å². The second-order valence-electron chi connectivity index (χ2n) is 7.03. The summed E-state index contributed by atoms with van der Waals surface area (Å²) in [6.07, 6.45) is 19.8. The Kier molecular flexibility index (Phi) is 9.05. The standard InChI is InChI=1S/C22H34N4O/c1-5-7-9-11-21(19(3)25-15-13-23-17-25)27-22(12-10-8-6-2)20(4)26-16-14-24-18-26/h13-18,21-22H,3-12H2,1-2H3. The minimum Gasteiger partial charge on any atom is -0.363 e. The number of imidazole rings is 2. The van der Waals surface area contributed by atoms with Gasteiger partial charge in [0.15, 0.2) is 0 Å². The molecule has 2 rings (SSSR count). The fourth-order valence-corrected chi connectivity index (χ4v) is 3.17. The smallest absolute Gasteiger partial charge is 0.0989 e. The fourth-order valence-electron chi connectivity index (χ4n) is 3.17. The summed E-state index contributed by atoms with van der Waals surface area (Å²) in [4.78, 5) is 8.31. The van der Waals surface area contributed by atoms with E-state index in [1.165, 1.54) is 25.7 Å². The van der Waals surface area contributed by atoms with Crippen molar-refractivity contribution in [2.45, 2.75) is 77.4 Å². The Balaban J connectivity index is 2.13. The molecule has 0 aliphatic rings. The molecule has 5 nitrogen and oxygen atoms in total. The molecule has 0 aromatic carbocycles. The molecule has 0 aliphatic heterocycles. The lowest BCUT2D eigenvalue weighted by Gasteiger charge is -2.28. The van der Waals surface area contributed by atoms with Gasteiger partial charge >= 0.3 is 0 Å². The molecule has 0 fully saturated rings. The molecule has 0 N–H and O–H groups in total. The second kappa shape index (κ2) is 11.5. The largest absolute Gasteiger partial charge is 0.363 e. The van der Waals surface area contributed by atoms with Crippen molar-refractivity contribution in [1.82, 2.24) is 19.1 Å². The van der Waals surface area contributed by atoms with Gasteiger partial charge in [-0.25, -0.2) is 9.97 Å². The summed E-state index contributed by atoms with van der Waals surface area (Å²) in [5, 5.41) is 0. The van der Waals surface area contributed by atoms with Crippen LogP contribution in [0.1, 0.15) is 65.2 Å². The summed E-state index contributed by atoms with van der Waals surface area (Å²) >= 11 is 0. The molecule has 2 aromatic heterocycles. The van der Waals surface area contributed by atoms with Crippen LogP contribution in [-0.4, -0.2) is 31.3 Å². The predicted octanol–water partition coefficient (Wildman–Crippen LogP) is 5.64. The lowest BCUT2D eigenvalue weighted by molar-refractivity contribution is 0.0356. The number of ether oxygens (including phenoxy) is 1. The van der Waals surface area contributed by atoms with Crippen LogP contribution in [0.4, 0.5) is 0 Å². The topological polar surface area (TPSA) is 44.9 Å². The van der Waals surface area contributed by atoms with E-state index in [0.717, 1.165) is 37.1 Å². The lowest BCUT2D eigenvalue weighted by Crippen LogP contribution is -2.27. The maximum absolute atomic E-state index is 6.62. The number of rotatable bonds is 14. The maximum atomic E-state index is 6.62. The van der Waals surface area contributed by atoms with Crippen molar-refractivity contribution in [2.24, 2.45) is 0 Å². The van der Waals surface area contributed by atoms with Gasteiger partial charge in [-0.15, -0.1) is 0 Å². The van der Waals surface area contributed by atoms with E-state index in [-0.39, 0.29) is 12.2 Å². The first kappa shape index (κ1) is 21.2. The SMILES string of the molecule is C=C(C(CCCCC)OC(CCCCC)C(=C)n1ccnc1)n1ccnc1. The summed E-state index contributed by atoms with van der Waals surface area (Å²) in [6, 6.07) is 0. The van der Waals surface area contributed by atoms with Crippen LogP contribution in [0.25, 0.3) is 11.4 Å². The van der Waals surface area contributed by atoms with Gasteiger partial charge < -0.3 is 13.9 Å². The molecule has 0 bridgehead atoms. The molecular formula is C22H34N4O. The number of hydrogen-bond donors (Lipinski definition) is 0. The first-order valence-electron chi connectivity index (χ1n) is 10.2. The average Bonchev–Trinajstić information content (AvgIpc) is 3.39. The van der Waals surface area contributed by atoms with E-state index in [2.05, 4.69) is 37.0 Å². The van der Waals surface area contributed by atoms with Gasteiger partial charge in [-0.3, -0.25) is 0 Å². The maximum Gasteiger partial charge on any atom is 0.0989 e. The van der Waals surface area contributed by atoms with Crippen molar-refractivity contribution in [3.8, 4) is 0 Å². The van der Waals surface area contributed by atoms with Gasteiger partial charge in [0, 0.05) is 36.2 Å². The molecule has 0 aliphatic carbocycles. The van der Waals surface area contributed by atoms with E-state index in [9.17, 15) is 0 Å². The Morgan fingerprint density at radius 3 is 1.59 bits per heavy atom. The molecule has 0 amide bonds. The average molecular weight is 371 g/mol. The molecule has 2 unspecified atom stereocenters. The number of unbranched alkanes of at least 4 members (excludes halogenated alkanes) is 4. The summed E-state index contributed by atoms with van der Waals surface area (Å²) in [5.41, 5.74) is 1.87. The molecule has 148 valence electrons. The zero-order chi connectivity index (χ0) is 19.5. The molecular weight excluding hydrogens is 336 g/mol. The van der Waals surface area contributed by atoms with E-state index in [0.29, 0.717) is 0 Å². The fraction of sp³-hybridized carbons (Fsp3) is 0.545. The van der Waals surface area contributed by atoms with Crippen LogP contribution in [0.2, 0.25) is 0 Å². The molecule has 0 radical (unpaired) electrons. The molecule has 2 aromatic rings. The Morgan fingerprint density at radius 2 is 1.26 bits per heavy atom. The van der Waals surface area contributed by atoms with Gasteiger partial charge in [-0.1, -0.05) is 65.5 Å². The Morgan fingerprint density at radius 1 is 0.815 bits per heavy atom. The monoisotopic (exact) mass is 370 g/mol. The van der Waals surface area contributed by atoms with Crippen molar-refractivity contribution >= 4 is 11.4 Å². The number of nitrogens with zero attached hydrogens (tertiary/aromatic N) is 4. The van der Waals surface area contributed by atoms with Gasteiger partial charge in [0.2, 0.25) is 0 Å². The van der Waals surface area contributed by atoms with Crippen LogP contribution in [0.3, 0.4) is 0 Å². The van der Waals surface area contributed by atoms with Crippen LogP contribution in [0, 0.1) is 0 Å². The third-order valence-electron chi connectivity index (χ3n) is 4.88. The van der Waals surface area contributed by atoms with Crippen molar-refractivity contribution in [3.05, 3.63) is 50.6 Å². The van der Waals surface area contributed by atoms with Crippen molar-refractivity contribution in [1.29, 1.82) is 0 Å². The zero-order valence-corrected chi connectivity index (χ0v) is 16.9. The first-order valence-corrected chi connectivity index (χ1v) is 10.2. The summed E-state index contributed by atoms with van der Waals surface area (Å²) in [7, 11) is 0. The molecule has 0 saturated heterocycles. The van der Waals surface area contributed by atoms with Gasteiger partial charge in [0.05, 0.1) is 24.9 Å². The zero-order valence-electron chi connectivity index (χ0n) is 16.9. The van der Waals surface area contributed by atoms with Crippen LogP contribution >= 0.6 is 0 Å². The van der Waals surface area contributed by atoms with Crippen molar-refractivity contribution < 1.29 is 4.74 Å². The minimum absolute atomic E-state index is 0.0577. The van der Waals surface area contributed by atoms with E-state index in [4.69, 9.17) is 4.74 Å². The van der Waals surface area contributed by atoms with Crippen molar-refractivity contribution in [3.63, 3.8) is 0 Å². The lowest BCUT2D eigenvalue weighted by atomic mass is 10.1. The Bertz CT molecular complexity index is 602. The van der Waals surface area contributed by atoms with Crippen LogP contribution < -0.4 is 0 Å². The normalized spacial score (nSPS) is 13.4. The molecule has 2 heterocycles. The molecule has 27 heavy (non-hydrogen) atoms. The first-order chi connectivity index (χ1) is 13.2. The van der Waals surface area contributed by atoms with Gasteiger partial charge in [0.25, 0.3) is 0 Å². The van der Waals surface area contributed by atoms with Gasteiger partial charge in [-0.2, -0.15) is 0 Å². The summed E-state index contributed by atoms with van der Waals surface area (Å²) in [6.45, 7) is 13.0. The Hall–Kier alpha value is -2.14.